The largest absolute Gasteiger partial charge is 0.444 e. The van der Waals surface area contributed by atoms with Crippen LogP contribution >= 0.6 is 0 Å². The first-order chi connectivity index (χ1) is 10.4. The molecule has 2 fully saturated rings. The lowest BCUT2D eigenvalue weighted by Crippen LogP contribution is -2.46. The van der Waals surface area contributed by atoms with Gasteiger partial charge in [-0.05, 0) is 65.2 Å². The molecule has 0 aromatic rings. The van der Waals surface area contributed by atoms with Crippen molar-refractivity contribution in [2.24, 2.45) is 5.92 Å². The van der Waals surface area contributed by atoms with Gasteiger partial charge in [0, 0.05) is 18.1 Å². The number of hydrogen-bond donors (Lipinski definition) is 2. The van der Waals surface area contributed by atoms with Gasteiger partial charge in [-0.15, -0.1) is 0 Å². The average molecular weight is 310 g/mol. The fourth-order valence-electron chi connectivity index (χ4n) is 3.93. The Bertz CT molecular complexity index is 357. The molecule has 4 nitrogen and oxygen atoms in total. The van der Waals surface area contributed by atoms with Crippen molar-refractivity contribution in [1.29, 1.82) is 0 Å². The van der Waals surface area contributed by atoms with Gasteiger partial charge in [0.25, 0.3) is 0 Å². The molecule has 2 N–H and O–H groups in total. The Morgan fingerprint density at radius 2 is 1.68 bits per heavy atom. The van der Waals surface area contributed by atoms with Gasteiger partial charge in [-0.1, -0.05) is 19.8 Å². The smallest absolute Gasteiger partial charge is 0.407 e. The summed E-state index contributed by atoms with van der Waals surface area (Å²) < 4.78 is 5.34. The highest BCUT2D eigenvalue weighted by Gasteiger charge is 2.30. The molecule has 1 amide bonds. The molecule has 128 valence electrons. The molecule has 0 spiro atoms. The predicted molar refractivity (Wildman–Crippen MR) is 90.0 cm³/mol. The zero-order valence-corrected chi connectivity index (χ0v) is 14.8. The molecule has 2 saturated carbocycles. The Kier molecular flexibility index (Phi) is 6.13. The van der Waals surface area contributed by atoms with E-state index in [4.69, 9.17) is 4.74 Å². The quantitative estimate of drug-likeness (QED) is 0.825. The maximum atomic E-state index is 11.8. The van der Waals surface area contributed by atoms with E-state index in [0.29, 0.717) is 6.04 Å². The van der Waals surface area contributed by atoms with Crippen molar-refractivity contribution in [2.75, 3.05) is 0 Å². The molecule has 2 atom stereocenters. The molecule has 2 rings (SSSR count). The van der Waals surface area contributed by atoms with Gasteiger partial charge in [-0.25, -0.2) is 4.79 Å². The Morgan fingerprint density at radius 1 is 1.05 bits per heavy atom. The van der Waals surface area contributed by atoms with Crippen molar-refractivity contribution in [3.8, 4) is 0 Å². The monoisotopic (exact) mass is 310 g/mol. The summed E-state index contributed by atoms with van der Waals surface area (Å²) in [7, 11) is 0. The van der Waals surface area contributed by atoms with Gasteiger partial charge in [0.1, 0.15) is 5.60 Å². The van der Waals surface area contributed by atoms with Crippen LogP contribution in [0, 0.1) is 5.92 Å². The molecule has 2 aliphatic carbocycles. The van der Waals surface area contributed by atoms with Crippen LogP contribution in [-0.2, 0) is 4.74 Å². The Morgan fingerprint density at radius 3 is 2.27 bits per heavy atom. The highest BCUT2D eigenvalue weighted by molar-refractivity contribution is 5.68. The minimum atomic E-state index is -0.416. The number of amides is 1. The number of rotatable bonds is 4. The summed E-state index contributed by atoms with van der Waals surface area (Å²) in [5.41, 5.74) is -0.416. The molecule has 2 unspecified atom stereocenters. The summed E-state index contributed by atoms with van der Waals surface area (Å²) >= 11 is 0. The number of carbonyl (C=O) groups excluding carboxylic acids is 1. The van der Waals surface area contributed by atoms with Gasteiger partial charge in [0.15, 0.2) is 0 Å². The minimum Gasteiger partial charge on any atom is -0.444 e. The fraction of sp³-hybridized carbons (Fsp3) is 0.944. The first-order valence-electron chi connectivity index (χ1n) is 9.13. The van der Waals surface area contributed by atoms with Gasteiger partial charge in [0.05, 0.1) is 0 Å². The first-order valence-corrected chi connectivity index (χ1v) is 9.13. The zero-order chi connectivity index (χ0) is 16.2. The normalized spacial score (nSPS) is 32.7. The Balaban J connectivity index is 1.68. The second kappa shape index (κ2) is 7.67. The van der Waals surface area contributed by atoms with Crippen molar-refractivity contribution < 1.29 is 9.53 Å². The van der Waals surface area contributed by atoms with E-state index in [2.05, 4.69) is 17.6 Å². The van der Waals surface area contributed by atoms with Crippen LogP contribution in [-0.4, -0.2) is 29.8 Å². The number of nitrogens with one attached hydrogen (secondary N) is 2. The number of carbonyl (C=O) groups is 1. The van der Waals surface area contributed by atoms with E-state index in [1.54, 1.807) is 0 Å². The minimum absolute atomic E-state index is 0.272. The van der Waals surface area contributed by atoms with Gasteiger partial charge in [-0.2, -0.15) is 0 Å². The number of ether oxygens (including phenoxy) is 1. The van der Waals surface area contributed by atoms with Crippen LogP contribution in [0.1, 0.15) is 79.1 Å². The number of hydrogen-bond acceptors (Lipinski definition) is 3. The molecule has 0 bridgehead atoms. The van der Waals surface area contributed by atoms with E-state index in [9.17, 15) is 4.79 Å². The molecule has 2 aliphatic rings. The Hall–Kier alpha value is -0.770. The maximum absolute atomic E-state index is 11.8. The Labute approximate surface area is 135 Å². The molecule has 0 saturated heterocycles. The lowest BCUT2D eigenvalue weighted by atomic mass is 9.89. The van der Waals surface area contributed by atoms with E-state index < -0.39 is 5.60 Å². The maximum Gasteiger partial charge on any atom is 0.407 e. The lowest BCUT2D eigenvalue weighted by Gasteiger charge is -2.33. The summed E-state index contributed by atoms with van der Waals surface area (Å²) in [5.74, 6) is 0.873. The summed E-state index contributed by atoms with van der Waals surface area (Å²) in [4.78, 5) is 11.8. The van der Waals surface area contributed by atoms with E-state index in [0.717, 1.165) is 37.6 Å². The average Bonchev–Trinajstić information content (AvgIpc) is 2.86. The third kappa shape index (κ3) is 5.45. The van der Waals surface area contributed by atoms with Crippen LogP contribution in [0.5, 0.6) is 0 Å². The van der Waals surface area contributed by atoms with Gasteiger partial charge in [-0.3, -0.25) is 0 Å². The van der Waals surface area contributed by atoms with Crippen LogP contribution in [0.15, 0.2) is 0 Å². The lowest BCUT2D eigenvalue weighted by molar-refractivity contribution is 0.0489. The molecular weight excluding hydrogens is 276 g/mol. The summed E-state index contributed by atoms with van der Waals surface area (Å²) in [5, 5.41) is 6.91. The second-order valence-electron chi connectivity index (χ2n) is 8.07. The topological polar surface area (TPSA) is 50.4 Å². The van der Waals surface area contributed by atoms with Crippen molar-refractivity contribution >= 4 is 6.09 Å². The summed E-state index contributed by atoms with van der Waals surface area (Å²) in [6.07, 6.45) is 9.57. The first kappa shape index (κ1) is 17.6. The number of alkyl carbamates (subject to hydrolysis) is 1. The third-order valence-corrected chi connectivity index (χ3v) is 5.08. The summed E-state index contributed by atoms with van der Waals surface area (Å²) in [6.45, 7) is 8.02. The molecule has 0 radical (unpaired) electrons. The fourth-order valence-corrected chi connectivity index (χ4v) is 3.93. The SMILES string of the molecule is CCC1CCCC1NC1CCC(NC(=O)OC(C)(C)C)CC1. The summed E-state index contributed by atoms with van der Waals surface area (Å²) in [6, 6.07) is 1.64. The molecule has 0 aliphatic heterocycles. The van der Waals surface area contributed by atoms with Crippen molar-refractivity contribution in [3.05, 3.63) is 0 Å². The van der Waals surface area contributed by atoms with Crippen LogP contribution in [0.2, 0.25) is 0 Å². The highest BCUT2D eigenvalue weighted by atomic mass is 16.6. The van der Waals surface area contributed by atoms with Crippen molar-refractivity contribution in [3.63, 3.8) is 0 Å². The predicted octanol–water partition coefficient (Wildman–Crippen LogP) is 3.99. The van der Waals surface area contributed by atoms with Crippen LogP contribution in [0.25, 0.3) is 0 Å². The van der Waals surface area contributed by atoms with Crippen molar-refractivity contribution in [1.82, 2.24) is 10.6 Å². The molecule has 0 aromatic heterocycles. The molecule has 0 aromatic carbocycles. The van der Waals surface area contributed by atoms with Crippen LogP contribution in [0.4, 0.5) is 4.79 Å². The van der Waals surface area contributed by atoms with Crippen LogP contribution in [0.3, 0.4) is 0 Å². The third-order valence-electron chi connectivity index (χ3n) is 5.08. The van der Waals surface area contributed by atoms with Gasteiger partial charge in [0.2, 0.25) is 0 Å². The van der Waals surface area contributed by atoms with E-state index in [1.165, 1.54) is 25.7 Å². The second-order valence-corrected chi connectivity index (χ2v) is 8.07. The highest BCUT2D eigenvalue weighted by Crippen LogP contribution is 2.30. The van der Waals surface area contributed by atoms with Crippen LogP contribution < -0.4 is 10.6 Å². The van der Waals surface area contributed by atoms with Gasteiger partial charge < -0.3 is 15.4 Å². The van der Waals surface area contributed by atoms with Crippen molar-refractivity contribution in [2.45, 2.75) is 103 Å². The standard InChI is InChI=1S/C18H34N2O2/c1-5-13-7-6-8-16(13)19-14-9-11-15(12-10-14)20-17(21)22-18(2,3)4/h13-16,19H,5-12H2,1-4H3,(H,20,21). The van der Waals surface area contributed by atoms with E-state index >= 15 is 0 Å². The molecule has 4 heteroatoms. The van der Waals surface area contributed by atoms with E-state index in [-0.39, 0.29) is 12.1 Å². The zero-order valence-electron chi connectivity index (χ0n) is 14.8. The molecule has 0 heterocycles. The molecular formula is C18H34N2O2. The van der Waals surface area contributed by atoms with E-state index in [1.807, 2.05) is 20.8 Å². The molecule has 22 heavy (non-hydrogen) atoms. The van der Waals surface area contributed by atoms with Gasteiger partial charge >= 0.3 is 6.09 Å².